The van der Waals surface area contributed by atoms with Gasteiger partial charge in [0.15, 0.2) is 0 Å². The largest absolute Gasteiger partial charge is 0.416 e. The van der Waals surface area contributed by atoms with Crippen LogP contribution in [0.5, 0.6) is 0 Å². The summed E-state index contributed by atoms with van der Waals surface area (Å²) in [6.07, 6.45) is 2.01. The Labute approximate surface area is 127 Å². The number of rotatable bonds is 6. The van der Waals surface area contributed by atoms with Crippen molar-refractivity contribution in [2.75, 3.05) is 5.75 Å². The molecule has 0 N–H and O–H groups in total. The first kappa shape index (κ1) is 16.1. The Morgan fingerprint density at radius 3 is 2.62 bits per heavy atom. The molecule has 0 unspecified atom stereocenters. The number of thioether (sulfide) groups is 1. The van der Waals surface area contributed by atoms with Crippen molar-refractivity contribution < 1.29 is 13.2 Å². The Morgan fingerprint density at radius 1 is 1.10 bits per heavy atom. The normalized spacial score (nSPS) is 12.0. The van der Waals surface area contributed by atoms with Gasteiger partial charge in [-0.3, -0.25) is 4.98 Å². The number of fused-ring (bicyclic) bond motifs is 1. The van der Waals surface area contributed by atoms with Gasteiger partial charge in [0.1, 0.15) is 0 Å². The van der Waals surface area contributed by atoms with Crippen LogP contribution in [0.25, 0.3) is 10.9 Å². The second kappa shape index (κ2) is 7.16. The molecule has 0 saturated carbocycles. The average molecular weight is 313 g/mol. The molecule has 114 valence electrons. The molecule has 0 amide bonds. The van der Waals surface area contributed by atoms with Gasteiger partial charge in [0.25, 0.3) is 0 Å². The number of benzene rings is 1. The zero-order valence-corrected chi connectivity index (χ0v) is 12.7. The number of pyridine rings is 1. The molecule has 0 bridgehead atoms. The Morgan fingerprint density at radius 2 is 1.90 bits per heavy atom. The van der Waals surface area contributed by atoms with Crippen molar-refractivity contribution >= 4 is 22.7 Å². The first-order valence-electron chi connectivity index (χ1n) is 7.11. The van der Waals surface area contributed by atoms with Crippen LogP contribution < -0.4 is 0 Å². The molecule has 0 aliphatic heterocycles. The number of unbranched alkanes of at least 4 members (excludes halogenated alkanes) is 3. The predicted molar refractivity (Wildman–Crippen MR) is 81.6 cm³/mol. The van der Waals surface area contributed by atoms with Gasteiger partial charge in [-0.15, -0.1) is 11.8 Å². The summed E-state index contributed by atoms with van der Waals surface area (Å²) < 4.78 is 38.1. The molecule has 2 rings (SSSR count). The van der Waals surface area contributed by atoms with Crippen molar-refractivity contribution in [1.82, 2.24) is 4.98 Å². The fraction of sp³-hybridized carbons (Fsp3) is 0.438. The van der Waals surface area contributed by atoms with E-state index < -0.39 is 11.7 Å². The molecule has 0 saturated heterocycles. The van der Waals surface area contributed by atoms with E-state index in [2.05, 4.69) is 11.9 Å². The molecule has 1 nitrogen and oxygen atoms in total. The minimum absolute atomic E-state index is 0.406. The third-order valence-corrected chi connectivity index (χ3v) is 4.45. The van der Waals surface area contributed by atoms with E-state index in [4.69, 9.17) is 0 Å². The van der Waals surface area contributed by atoms with E-state index in [1.165, 1.54) is 25.3 Å². The minimum Gasteiger partial charge on any atom is -0.256 e. The van der Waals surface area contributed by atoms with Gasteiger partial charge in [-0.2, -0.15) is 13.2 Å². The first-order chi connectivity index (χ1) is 10.0. The summed E-state index contributed by atoms with van der Waals surface area (Å²) in [7, 11) is 0. The Balaban J connectivity index is 2.14. The predicted octanol–water partition coefficient (Wildman–Crippen LogP) is 5.93. The number of hydrogen-bond donors (Lipinski definition) is 0. The molecule has 0 aliphatic carbocycles. The van der Waals surface area contributed by atoms with Crippen LogP contribution in [-0.4, -0.2) is 10.7 Å². The van der Waals surface area contributed by atoms with Crippen molar-refractivity contribution in [3.63, 3.8) is 0 Å². The Bertz CT molecular complexity index is 596. The van der Waals surface area contributed by atoms with Crippen molar-refractivity contribution in [1.29, 1.82) is 0 Å². The zero-order valence-electron chi connectivity index (χ0n) is 11.9. The smallest absolute Gasteiger partial charge is 0.256 e. The molecule has 1 aromatic heterocycles. The maximum Gasteiger partial charge on any atom is 0.416 e. The van der Waals surface area contributed by atoms with Crippen molar-refractivity contribution in [3.05, 3.63) is 36.0 Å². The molecular formula is C16H18F3NS. The summed E-state index contributed by atoms with van der Waals surface area (Å²) >= 11 is 1.69. The molecule has 2 aromatic rings. The SMILES string of the molecule is CCCCCCSc1ccnc2cc(C(F)(F)F)ccc12. The van der Waals surface area contributed by atoms with Gasteiger partial charge in [0, 0.05) is 16.5 Å². The molecule has 21 heavy (non-hydrogen) atoms. The topological polar surface area (TPSA) is 12.9 Å². The number of alkyl halides is 3. The fourth-order valence-electron chi connectivity index (χ4n) is 2.14. The van der Waals surface area contributed by atoms with Crippen LogP contribution in [0.2, 0.25) is 0 Å². The summed E-state index contributed by atoms with van der Waals surface area (Å²) in [4.78, 5) is 5.07. The highest BCUT2D eigenvalue weighted by Crippen LogP contribution is 2.33. The lowest BCUT2D eigenvalue weighted by molar-refractivity contribution is -0.137. The van der Waals surface area contributed by atoms with Crippen molar-refractivity contribution in [3.8, 4) is 0 Å². The summed E-state index contributed by atoms with van der Waals surface area (Å²) in [6.45, 7) is 2.17. The lowest BCUT2D eigenvalue weighted by Crippen LogP contribution is -2.04. The second-order valence-corrected chi connectivity index (χ2v) is 6.08. The summed E-state index contributed by atoms with van der Waals surface area (Å²) in [5.74, 6) is 0.986. The van der Waals surface area contributed by atoms with Gasteiger partial charge in [-0.25, -0.2) is 0 Å². The van der Waals surface area contributed by atoms with E-state index in [1.54, 1.807) is 18.0 Å². The molecule has 0 fully saturated rings. The van der Waals surface area contributed by atoms with E-state index in [0.29, 0.717) is 5.52 Å². The van der Waals surface area contributed by atoms with E-state index >= 15 is 0 Å². The first-order valence-corrected chi connectivity index (χ1v) is 8.09. The molecular weight excluding hydrogens is 295 g/mol. The molecule has 1 heterocycles. The van der Waals surface area contributed by atoms with Crippen LogP contribution in [0.15, 0.2) is 35.4 Å². The lowest BCUT2D eigenvalue weighted by Gasteiger charge is -2.09. The number of hydrogen-bond acceptors (Lipinski definition) is 2. The molecule has 0 atom stereocenters. The van der Waals surface area contributed by atoms with Gasteiger partial charge in [-0.1, -0.05) is 32.3 Å². The van der Waals surface area contributed by atoms with Crippen LogP contribution in [0.4, 0.5) is 13.2 Å². The standard InChI is InChI=1S/C16H18F3NS/c1-2-3-4-5-10-21-15-8-9-20-14-11-12(16(17,18)19)6-7-13(14)15/h6-9,11H,2-5,10H2,1H3. The van der Waals surface area contributed by atoms with Crippen molar-refractivity contribution in [2.24, 2.45) is 0 Å². The molecule has 0 aliphatic rings. The fourth-order valence-corrected chi connectivity index (χ4v) is 3.19. The minimum atomic E-state index is -4.32. The third-order valence-electron chi connectivity index (χ3n) is 3.29. The lowest BCUT2D eigenvalue weighted by atomic mass is 10.1. The Kier molecular flexibility index (Phi) is 5.51. The van der Waals surface area contributed by atoms with Gasteiger partial charge in [0.2, 0.25) is 0 Å². The van der Waals surface area contributed by atoms with Gasteiger partial charge in [0.05, 0.1) is 11.1 Å². The molecule has 0 radical (unpaired) electrons. The van der Waals surface area contributed by atoms with Crippen LogP contribution in [0.3, 0.4) is 0 Å². The highest BCUT2D eigenvalue weighted by atomic mass is 32.2. The van der Waals surface area contributed by atoms with E-state index in [9.17, 15) is 13.2 Å². The van der Waals surface area contributed by atoms with Crippen LogP contribution in [0.1, 0.15) is 38.2 Å². The van der Waals surface area contributed by atoms with Crippen molar-refractivity contribution in [2.45, 2.75) is 43.7 Å². The van der Waals surface area contributed by atoms with Gasteiger partial charge < -0.3 is 0 Å². The summed E-state index contributed by atoms with van der Waals surface area (Å²) in [6, 6.07) is 5.65. The highest BCUT2D eigenvalue weighted by molar-refractivity contribution is 7.99. The second-order valence-electron chi connectivity index (χ2n) is 4.95. The number of nitrogens with zero attached hydrogens (tertiary/aromatic N) is 1. The van der Waals surface area contributed by atoms with E-state index in [0.717, 1.165) is 34.6 Å². The zero-order chi connectivity index (χ0) is 15.3. The van der Waals surface area contributed by atoms with Crippen LogP contribution in [-0.2, 0) is 6.18 Å². The van der Waals surface area contributed by atoms with E-state index in [1.807, 2.05) is 6.07 Å². The van der Waals surface area contributed by atoms with Crippen LogP contribution >= 0.6 is 11.8 Å². The third kappa shape index (κ3) is 4.37. The Hall–Kier alpha value is -1.23. The number of aromatic nitrogens is 1. The van der Waals surface area contributed by atoms with E-state index in [-0.39, 0.29) is 0 Å². The highest BCUT2D eigenvalue weighted by Gasteiger charge is 2.30. The van der Waals surface area contributed by atoms with Crippen LogP contribution in [0, 0.1) is 0 Å². The monoisotopic (exact) mass is 313 g/mol. The average Bonchev–Trinajstić information content (AvgIpc) is 2.45. The molecule has 5 heteroatoms. The summed E-state index contributed by atoms with van der Waals surface area (Å²) in [5.41, 5.74) is -0.240. The quantitative estimate of drug-likeness (QED) is 0.484. The molecule has 1 aromatic carbocycles. The summed E-state index contributed by atoms with van der Waals surface area (Å²) in [5, 5.41) is 0.797. The maximum atomic E-state index is 12.7. The number of halogens is 3. The maximum absolute atomic E-state index is 12.7. The molecule has 0 spiro atoms. The van der Waals surface area contributed by atoms with Gasteiger partial charge >= 0.3 is 6.18 Å². The van der Waals surface area contributed by atoms with Gasteiger partial charge in [-0.05, 0) is 30.4 Å².